The number of carbonyl (C=O) groups is 3. The van der Waals surface area contributed by atoms with E-state index in [-0.39, 0.29) is 18.0 Å². The van der Waals surface area contributed by atoms with E-state index in [1.54, 1.807) is 12.1 Å². The Morgan fingerprint density at radius 1 is 0.889 bits per heavy atom. The van der Waals surface area contributed by atoms with Crippen molar-refractivity contribution in [2.45, 2.75) is 12.8 Å². The van der Waals surface area contributed by atoms with E-state index < -0.39 is 17.8 Å². The van der Waals surface area contributed by atoms with Gasteiger partial charge >= 0.3 is 5.97 Å². The van der Waals surface area contributed by atoms with Crippen LogP contribution in [0.3, 0.4) is 0 Å². The first-order valence-corrected chi connectivity index (χ1v) is 8.53. The molecule has 0 aliphatic rings. The predicted octanol–water partition coefficient (Wildman–Crippen LogP) is 1.94. The zero-order chi connectivity index (χ0) is 19.6. The van der Waals surface area contributed by atoms with Crippen molar-refractivity contribution in [3.8, 4) is 11.1 Å². The van der Waals surface area contributed by atoms with Crippen LogP contribution in [-0.2, 0) is 14.3 Å². The second-order valence-electron chi connectivity index (χ2n) is 5.48. The highest BCUT2D eigenvalue weighted by Gasteiger charge is 2.10. The van der Waals surface area contributed by atoms with Crippen molar-refractivity contribution in [2.75, 3.05) is 7.11 Å². The van der Waals surface area contributed by atoms with E-state index in [2.05, 4.69) is 20.9 Å². The number of thiocarbonyl (C=S) groups is 1. The molecule has 0 saturated carbocycles. The molecule has 140 valence electrons. The molecule has 2 amide bonds. The number of amides is 2. The molecule has 0 aliphatic carbocycles. The number of esters is 1. The monoisotopic (exact) mass is 385 g/mol. The Morgan fingerprint density at radius 2 is 1.52 bits per heavy atom. The second-order valence-corrected chi connectivity index (χ2v) is 5.88. The lowest BCUT2D eigenvalue weighted by Crippen LogP contribution is -2.48. The summed E-state index contributed by atoms with van der Waals surface area (Å²) in [5.41, 5.74) is 7.33. The van der Waals surface area contributed by atoms with Gasteiger partial charge in [0.1, 0.15) is 0 Å². The van der Waals surface area contributed by atoms with Gasteiger partial charge in [-0.05, 0) is 35.5 Å². The maximum absolute atomic E-state index is 12.1. The van der Waals surface area contributed by atoms with E-state index in [0.717, 1.165) is 11.1 Å². The minimum Gasteiger partial charge on any atom is -0.469 e. The van der Waals surface area contributed by atoms with Crippen LogP contribution < -0.4 is 16.2 Å². The highest BCUT2D eigenvalue weighted by molar-refractivity contribution is 7.80. The lowest BCUT2D eigenvalue weighted by atomic mass is 10.0. The second kappa shape index (κ2) is 10.0. The van der Waals surface area contributed by atoms with Crippen LogP contribution in [-0.4, -0.2) is 30.0 Å². The van der Waals surface area contributed by atoms with Gasteiger partial charge in [0.2, 0.25) is 5.91 Å². The van der Waals surface area contributed by atoms with Crippen molar-refractivity contribution in [3.63, 3.8) is 0 Å². The topological polar surface area (TPSA) is 96.5 Å². The van der Waals surface area contributed by atoms with Crippen molar-refractivity contribution >= 4 is 35.1 Å². The predicted molar refractivity (Wildman–Crippen MR) is 104 cm³/mol. The number of benzene rings is 2. The Bertz CT molecular complexity index is 823. The standard InChI is InChI=1S/C19H19N3O4S/c1-26-17(24)12-11-16(23)20-19(27)22-21-18(25)15-9-7-14(8-10-15)13-5-3-2-4-6-13/h2-10H,11-12H2,1H3,(H,21,25)(H2,20,22,23,27). The molecular weight excluding hydrogens is 366 g/mol. The quantitative estimate of drug-likeness (QED) is 0.414. The summed E-state index contributed by atoms with van der Waals surface area (Å²) < 4.78 is 4.45. The molecule has 2 aromatic carbocycles. The van der Waals surface area contributed by atoms with Gasteiger partial charge in [-0.15, -0.1) is 0 Å². The number of hydrazine groups is 1. The SMILES string of the molecule is COC(=O)CCC(=O)NC(=S)NNC(=O)c1ccc(-c2ccccc2)cc1. The smallest absolute Gasteiger partial charge is 0.306 e. The zero-order valence-electron chi connectivity index (χ0n) is 14.7. The number of rotatable bonds is 5. The van der Waals surface area contributed by atoms with Crippen LogP contribution in [0, 0.1) is 0 Å². The Hall–Kier alpha value is -3.26. The largest absolute Gasteiger partial charge is 0.469 e. The fourth-order valence-electron chi connectivity index (χ4n) is 2.17. The van der Waals surface area contributed by atoms with E-state index in [4.69, 9.17) is 12.2 Å². The molecule has 0 saturated heterocycles. The molecule has 2 aromatic rings. The van der Waals surface area contributed by atoms with Crippen LogP contribution in [0.1, 0.15) is 23.2 Å². The average molecular weight is 385 g/mol. The lowest BCUT2D eigenvalue weighted by Gasteiger charge is -2.11. The van der Waals surface area contributed by atoms with E-state index in [1.165, 1.54) is 7.11 Å². The summed E-state index contributed by atoms with van der Waals surface area (Å²) in [6.07, 6.45) is -0.117. The van der Waals surface area contributed by atoms with Crippen LogP contribution in [0.2, 0.25) is 0 Å². The van der Waals surface area contributed by atoms with E-state index in [0.29, 0.717) is 5.56 Å². The molecule has 0 bridgehead atoms. The number of hydrogen-bond acceptors (Lipinski definition) is 5. The number of ether oxygens (including phenoxy) is 1. The minimum atomic E-state index is -0.490. The van der Waals surface area contributed by atoms with Crippen LogP contribution in [0.15, 0.2) is 54.6 Å². The normalized spacial score (nSPS) is 9.81. The van der Waals surface area contributed by atoms with Crippen molar-refractivity contribution in [1.82, 2.24) is 16.2 Å². The summed E-state index contributed by atoms with van der Waals surface area (Å²) in [7, 11) is 1.24. The van der Waals surface area contributed by atoms with Crippen molar-refractivity contribution in [3.05, 3.63) is 60.2 Å². The molecule has 0 aromatic heterocycles. The van der Waals surface area contributed by atoms with E-state index in [9.17, 15) is 14.4 Å². The van der Waals surface area contributed by atoms with Gasteiger partial charge in [-0.1, -0.05) is 42.5 Å². The third-order valence-corrected chi connectivity index (χ3v) is 3.78. The maximum atomic E-state index is 12.1. The maximum Gasteiger partial charge on any atom is 0.306 e. The van der Waals surface area contributed by atoms with Gasteiger partial charge in [-0.2, -0.15) is 0 Å². The Morgan fingerprint density at radius 3 is 2.15 bits per heavy atom. The van der Waals surface area contributed by atoms with Gasteiger partial charge in [-0.25, -0.2) is 0 Å². The molecule has 27 heavy (non-hydrogen) atoms. The molecule has 0 aliphatic heterocycles. The molecule has 7 nitrogen and oxygen atoms in total. The summed E-state index contributed by atoms with van der Waals surface area (Å²) in [5, 5.41) is 2.29. The van der Waals surface area contributed by atoms with Gasteiger partial charge < -0.3 is 10.1 Å². The van der Waals surface area contributed by atoms with Gasteiger partial charge in [0.05, 0.1) is 13.5 Å². The third-order valence-electron chi connectivity index (χ3n) is 3.58. The number of hydrogen-bond donors (Lipinski definition) is 3. The van der Waals surface area contributed by atoms with Crippen LogP contribution in [0.5, 0.6) is 0 Å². The first kappa shape index (κ1) is 20.1. The zero-order valence-corrected chi connectivity index (χ0v) is 15.5. The highest BCUT2D eigenvalue weighted by Crippen LogP contribution is 2.19. The summed E-state index contributed by atoms with van der Waals surface area (Å²) >= 11 is 4.92. The lowest BCUT2D eigenvalue weighted by molar-refractivity contribution is -0.142. The molecule has 3 N–H and O–H groups in total. The Kier molecular flexibility index (Phi) is 7.45. The average Bonchev–Trinajstić information content (AvgIpc) is 2.71. The van der Waals surface area contributed by atoms with Gasteiger partial charge in [0, 0.05) is 12.0 Å². The highest BCUT2D eigenvalue weighted by atomic mass is 32.1. The number of methoxy groups -OCH3 is 1. The van der Waals surface area contributed by atoms with Gasteiger partial charge in [-0.3, -0.25) is 25.2 Å². The molecule has 0 spiro atoms. The summed E-state index contributed by atoms with van der Waals surface area (Å²) in [4.78, 5) is 34.7. The fraction of sp³-hybridized carbons (Fsp3) is 0.158. The van der Waals surface area contributed by atoms with Crippen molar-refractivity contribution in [2.24, 2.45) is 0 Å². The molecular formula is C19H19N3O4S. The van der Waals surface area contributed by atoms with Gasteiger partial charge in [0.15, 0.2) is 5.11 Å². The van der Waals surface area contributed by atoms with E-state index in [1.807, 2.05) is 42.5 Å². The summed E-state index contributed by atoms with van der Waals surface area (Å²) in [6, 6.07) is 16.9. The Labute approximate surface area is 162 Å². The summed E-state index contributed by atoms with van der Waals surface area (Å²) in [5.74, 6) is -1.35. The molecule has 0 fully saturated rings. The van der Waals surface area contributed by atoms with Crippen molar-refractivity contribution < 1.29 is 19.1 Å². The Balaban J connectivity index is 1.80. The number of nitrogens with one attached hydrogen (secondary N) is 3. The molecule has 0 radical (unpaired) electrons. The third kappa shape index (κ3) is 6.52. The summed E-state index contributed by atoms with van der Waals surface area (Å²) in [6.45, 7) is 0. The van der Waals surface area contributed by atoms with E-state index >= 15 is 0 Å². The van der Waals surface area contributed by atoms with Crippen molar-refractivity contribution in [1.29, 1.82) is 0 Å². The number of carbonyl (C=O) groups excluding carboxylic acids is 3. The first-order chi connectivity index (χ1) is 13.0. The van der Waals surface area contributed by atoms with Gasteiger partial charge in [0.25, 0.3) is 5.91 Å². The molecule has 0 heterocycles. The molecule has 0 unspecified atom stereocenters. The minimum absolute atomic E-state index is 0.0505. The van der Waals surface area contributed by atoms with Crippen LogP contribution >= 0.6 is 12.2 Å². The van der Waals surface area contributed by atoms with Crippen LogP contribution in [0.4, 0.5) is 0 Å². The first-order valence-electron chi connectivity index (χ1n) is 8.12. The van der Waals surface area contributed by atoms with Crippen LogP contribution in [0.25, 0.3) is 11.1 Å². The molecule has 8 heteroatoms. The molecule has 2 rings (SSSR count). The molecule has 0 atom stereocenters. The fourth-order valence-corrected chi connectivity index (χ4v) is 2.33.